The number of allylic oxidation sites excluding steroid dienone is 13. The van der Waals surface area contributed by atoms with Crippen LogP contribution in [0.4, 0.5) is 0 Å². The van der Waals surface area contributed by atoms with Crippen molar-refractivity contribution in [2.75, 3.05) is 13.2 Å². The van der Waals surface area contributed by atoms with Crippen molar-refractivity contribution in [3.63, 3.8) is 0 Å². The van der Waals surface area contributed by atoms with Gasteiger partial charge in [0.1, 0.15) is 13.2 Å². The van der Waals surface area contributed by atoms with E-state index in [9.17, 15) is 14.4 Å². The Morgan fingerprint density at radius 1 is 0.333 bits per heavy atom. The molecule has 6 heteroatoms. The first kappa shape index (κ1) is 62.6. The molecule has 0 rings (SSSR count). The Bertz CT molecular complexity index is 1290. The summed E-state index contributed by atoms with van der Waals surface area (Å²) < 4.78 is 16.7. The van der Waals surface area contributed by atoms with Crippen molar-refractivity contribution in [3.05, 3.63) is 85.1 Å². The molecule has 6 nitrogen and oxygen atoms in total. The van der Waals surface area contributed by atoms with Crippen LogP contribution in [-0.4, -0.2) is 37.2 Å². The lowest BCUT2D eigenvalue weighted by molar-refractivity contribution is -0.166. The molecule has 0 heterocycles. The van der Waals surface area contributed by atoms with Crippen molar-refractivity contribution >= 4 is 17.9 Å². The van der Waals surface area contributed by atoms with Gasteiger partial charge in [-0.25, -0.2) is 0 Å². The first-order chi connectivity index (χ1) is 32.5. The van der Waals surface area contributed by atoms with E-state index in [0.717, 1.165) is 89.9 Å². The fraction of sp³-hybridized carbons (Fsp3) is 0.717. The van der Waals surface area contributed by atoms with Crippen molar-refractivity contribution in [3.8, 4) is 0 Å². The normalized spacial score (nSPS) is 12.7. The summed E-state index contributed by atoms with van der Waals surface area (Å²) in [5.41, 5.74) is 0. The second-order valence-electron chi connectivity index (χ2n) is 18.1. The summed E-state index contributed by atoms with van der Waals surface area (Å²) in [6, 6.07) is 0. The second kappa shape index (κ2) is 54.2. The Kier molecular flexibility index (Phi) is 51.4. The molecular formula is C60H102O6. The monoisotopic (exact) mass is 919 g/mol. The maximum atomic E-state index is 12.7. The molecule has 0 aromatic carbocycles. The zero-order valence-electron chi connectivity index (χ0n) is 43.2. The van der Waals surface area contributed by atoms with Crippen LogP contribution in [0.1, 0.15) is 258 Å². The number of hydrogen-bond donors (Lipinski definition) is 0. The summed E-state index contributed by atoms with van der Waals surface area (Å²) in [7, 11) is 0. The average molecular weight is 919 g/mol. The van der Waals surface area contributed by atoms with Crippen LogP contribution in [0.15, 0.2) is 85.1 Å². The second-order valence-corrected chi connectivity index (χ2v) is 18.1. The number of carbonyl (C=O) groups excluding carboxylic acids is 3. The van der Waals surface area contributed by atoms with Crippen LogP contribution in [0.25, 0.3) is 0 Å². The van der Waals surface area contributed by atoms with Crippen LogP contribution in [-0.2, 0) is 28.6 Å². The third-order valence-corrected chi connectivity index (χ3v) is 11.6. The molecule has 0 N–H and O–H groups in total. The standard InChI is InChI=1S/C60H102O6/c1-4-7-10-13-16-19-22-24-26-27-28-29-30-31-32-33-35-36-38-41-44-47-50-53-59(62)65-56-57(55-64-58(61)52-49-46-43-40-21-18-15-12-9-6-3)66-60(63)54-51-48-45-42-39-37-34-25-23-20-17-14-11-8-5-2/h8,11-12,15,17,20,25,27-28,34,39,42,48,51,57H,4-7,9-10,13-14,16,18-19,21-24,26,29-33,35-38,40-41,43-47,49-50,52-56H2,1-3H3/b11-8-,15-12-,20-17-,28-27-,34-25-,42-39-,51-48-. The predicted molar refractivity (Wildman–Crippen MR) is 284 cm³/mol. The van der Waals surface area contributed by atoms with Gasteiger partial charge < -0.3 is 14.2 Å². The van der Waals surface area contributed by atoms with Crippen LogP contribution in [0.3, 0.4) is 0 Å². The summed E-state index contributed by atoms with van der Waals surface area (Å²) in [5, 5.41) is 0. The third kappa shape index (κ3) is 51.6. The van der Waals surface area contributed by atoms with Crippen LogP contribution in [0.2, 0.25) is 0 Å². The lowest BCUT2D eigenvalue weighted by Crippen LogP contribution is -2.30. The van der Waals surface area contributed by atoms with Gasteiger partial charge >= 0.3 is 17.9 Å². The smallest absolute Gasteiger partial charge is 0.310 e. The zero-order chi connectivity index (χ0) is 47.9. The SMILES string of the molecule is CC/C=C\C/C=C\C/C=C\C/C=C\C/C=C\CC(=O)OC(COC(=O)CCCCCCC/C=C\CCC)COC(=O)CCCCCCCCCCCCC/C=C\CCCCCCCCCC. The van der Waals surface area contributed by atoms with E-state index in [4.69, 9.17) is 14.2 Å². The Morgan fingerprint density at radius 2 is 0.667 bits per heavy atom. The van der Waals surface area contributed by atoms with Crippen LogP contribution in [0, 0.1) is 0 Å². The summed E-state index contributed by atoms with van der Waals surface area (Å²) in [4.78, 5) is 37.9. The highest BCUT2D eigenvalue weighted by Gasteiger charge is 2.19. The van der Waals surface area contributed by atoms with Gasteiger partial charge in [0.15, 0.2) is 6.10 Å². The van der Waals surface area contributed by atoms with Gasteiger partial charge in [-0.3, -0.25) is 14.4 Å². The van der Waals surface area contributed by atoms with Crippen molar-refractivity contribution in [2.45, 2.75) is 264 Å². The molecule has 0 aliphatic carbocycles. The minimum Gasteiger partial charge on any atom is -0.462 e. The first-order valence-corrected chi connectivity index (χ1v) is 27.6. The van der Waals surface area contributed by atoms with Gasteiger partial charge in [-0.05, 0) is 89.9 Å². The number of ether oxygens (including phenoxy) is 3. The first-order valence-electron chi connectivity index (χ1n) is 27.6. The molecule has 0 aliphatic heterocycles. The molecule has 0 saturated carbocycles. The van der Waals surface area contributed by atoms with Crippen molar-refractivity contribution < 1.29 is 28.6 Å². The topological polar surface area (TPSA) is 78.9 Å². The van der Waals surface area contributed by atoms with Gasteiger partial charge in [0.05, 0.1) is 6.42 Å². The Labute approximate surface area is 407 Å². The summed E-state index contributed by atoms with van der Waals surface area (Å²) in [6.45, 7) is 6.37. The highest BCUT2D eigenvalue weighted by Crippen LogP contribution is 2.15. The minimum atomic E-state index is -0.833. The Hall–Kier alpha value is -3.41. The van der Waals surface area contributed by atoms with E-state index in [1.54, 1.807) is 6.08 Å². The fourth-order valence-electron chi connectivity index (χ4n) is 7.52. The predicted octanol–water partition coefficient (Wildman–Crippen LogP) is 18.4. The lowest BCUT2D eigenvalue weighted by atomic mass is 10.0. The van der Waals surface area contributed by atoms with Crippen LogP contribution in [0.5, 0.6) is 0 Å². The quantitative estimate of drug-likeness (QED) is 0.0262. The minimum absolute atomic E-state index is 0.0949. The average Bonchev–Trinajstić information content (AvgIpc) is 3.31. The molecule has 0 fully saturated rings. The Balaban J connectivity index is 4.34. The van der Waals surface area contributed by atoms with Crippen molar-refractivity contribution in [1.29, 1.82) is 0 Å². The summed E-state index contributed by atoms with van der Waals surface area (Å²) in [6.07, 6.45) is 70.4. The van der Waals surface area contributed by atoms with Gasteiger partial charge in [0, 0.05) is 12.8 Å². The number of carbonyl (C=O) groups is 3. The van der Waals surface area contributed by atoms with Crippen LogP contribution >= 0.6 is 0 Å². The largest absolute Gasteiger partial charge is 0.462 e. The van der Waals surface area contributed by atoms with Gasteiger partial charge in [0.25, 0.3) is 0 Å². The number of hydrogen-bond acceptors (Lipinski definition) is 6. The van der Waals surface area contributed by atoms with Crippen molar-refractivity contribution in [2.24, 2.45) is 0 Å². The molecule has 0 radical (unpaired) electrons. The van der Waals surface area contributed by atoms with Crippen molar-refractivity contribution in [1.82, 2.24) is 0 Å². The molecule has 0 aromatic heterocycles. The maximum Gasteiger partial charge on any atom is 0.310 e. The van der Waals surface area contributed by atoms with Gasteiger partial charge in [-0.15, -0.1) is 0 Å². The van der Waals surface area contributed by atoms with E-state index in [-0.39, 0.29) is 31.6 Å². The van der Waals surface area contributed by atoms with E-state index >= 15 is 0 Å². The van der Waals surface area contributed by atoms with E-state index in [0.29, 0.717) is 12.8 Å². The van der Waals surface area contributed by atoms with Gasteiger partial charge in [0.2, 0.25) is 0 Å². The Morgan fingerprint density at radius 3 is 1.05 bits per heavy atom. The van der Waals surface area contributed by atoms with E-state index < -0.39 is 12.1 Å². The van der Waals surface area contributed by atoms with Gasteiger partial charge in [-0.1, -0.05) is 234 Å². The molecule has 378 valence electrons. The molecule has 0 bridgehead atoms. The van der Waals surface area contributed by atoms with E-state index in [2.05, 4.69) is 93.7 Å². The van der Waals surface area contributed by atoms with Gasteiger partial charge in [-0.2, -0.15) is 0 Å². The molecule has 0 spiro atoms. The zero-order valence-corrected chi connectivity index (χ0v) is 43.2. The number of esters is 3. The highest BCUT2D eigenvalue weighted by molar-refractivity contribution is 5.72. The molecule has 66 heavy (non-hydrogen) atoms. The fourth-order valence-corrected chi connectivity index (χ4v) is 7.52. The molecule has 1 unspecified atom stereocenters. The lowest BCUT2D eigenvalue weighted by Gasteiger charge is -2.18. The number of rotatable bonds is 49. The summed E-state index contributed by atoms with van der Waals surface area (Å²) >= 11 is 0. The van der Waals surface area contributed by atoms with E-state index in [1.165, 1.54) is 128 Å². The molecule has 0 aliphatic rings. The molecular weight excluding hydrogens is 817 g/mol. The summed E-state index contributed by atoms with van der Waals surface area (Å²) in [5.74, 6) is -1.06. The molecule has 0 aromatic rings. The van der Waals surface area contributed by atoms with E-state index in [1.807, 2.05) is 6.08 Å². The van der Waals surface area contributed by atoms with Crippen LogP contribution < -0.4 is 0 Å². The molecule has 0 amide bonds. The molecule has 1 atom stereocenters. The highest BCUT2D eigenvalue weighted by atomic mass is 16.6. The third-order valence-electron chi connectivity index (χ3n) is 11.6. The maximum absolute atomic E-state index is 12.7. The molecule has 0 saturated heterocycles. The number of unbranched alkanes of at least 4 members (excludes halogenated alkanes) is 25.